The predicted octanol–water partition coefficient (Wildman–Crippen LogP) is 3.18. The lowest BCUT2D eigenvalue weighted by Crippen LogP contribution is -2.29. The zero-order valence-electron chi connectivity index (χ0n) is 17.0. The quantitative estimate of drug-likeness (QED) is 0.523. The minimum atomic E-state index is -3.67. The number of nitrogens with one attached hydrogen (secondary N) is 2. The first kappa shape index (κ1) is 22.0. The van der Waals surface area contributed by atoms with E-state index in [0.29, 0.717) is 35.5 Å². The third kappa shape index (κ3) is 5.47. The summed E-state index contributed by atoms with van der Waals surface area (Å²) in [5.74, 6) is 0.785. The molecule has 3 rings (SSSR count). The number of amides is 1. The minimum absolute atomic E-state index is 0.0634. The monoisotopic (exact) mass is 448 g/mol. The van der Waals surface area contributed by atoms with Crippen molar-refractivity contribution >= 4 is 33.1 Å². The van der Waals surface area contributed by atoms with Crippen molar-refractivity contribution in [1.29, 1.82) is 0 Å². The van der Waals surface area contributed by atoms with Crippen LogP contribution in [0.15, 0.2) is 46.2 Å². The van der Waals surface area contributed by atoms with E-state index in [9.17, 15) is 13.2 Å². The Hall–Kier alpha value is -2.69. The fourth-order valence-electron chi connectivity index (χ4n) is 2.66. The van der Waals surface area contributed by atoms with Crippen LogP contribution in [-0.2, 0) is 28.0 Å². The summed E-state index contributed by atoms with van der Waals surface area (Å²) in [6.07, 6.45) is 1.10. The van der Waals surface area contributed by atoms with Gasteiger partial charge in [-0.25, -0.2) is 4.98 Å². The van der Waals surface area contributed by atoms with Crippen molar-refractivity contribution in [3.05, 3.63) is 58.1 Å². The number of oxazole rings is 1. The Morgan fingerprint density at radius 2 is 1.97 bits per heavy atom. The molecule has 10 heteroatoms. The summed E-state index contributed by atoms with van der Waals surface area (Å²) in [6, 6.07) is 10.8. The topological polar surface area (TPSA) is 105 Å². The van der Waals surface area contributed by atoms with Crippen LogP contribution in [0.4, 0.5) is 5.69 Å². The van der Waals surface area contributed by atoms with E-state index in [1.165, 1.54) is 19.0 Å². The summed E-state index contributed by atoms with van der Waals surface area (Å²) in [5.41, 5.74) is 1.47. The van der Waals surface area contributed by atoms with E-state index in [1.54, 1.807) is 42.5 Å². The average Bonchev–Trinajstić information content (AvgIpc) is 3.34. The van der Waals surface area contributed by atoms with Gasteiger partial charge in [0.05, 0.1) is 17.8 Å². The molecule has 0 aliphatic rings. The number of hydrogen-bond donors (Lipinski definition) is 2. The van der Waals surface area contributed by atoms with Gasteiger partial charge in [-0.05, 0) is 36.9 Å². The van der Waals surface area contributed by atoms with Crippen LogP contribution < -0.4 is 10.0 Å². The van der Waals surface area contributed by atoms with Gasteiger partial charge in [0.15, 0.2) is 0 Å². The molecule has 3 aromatic rings. The van der Waals surface area contributed by atoms with Gasteiger partial charge in [0.1, 0.15) is 11.5 Å². The molecule has 0 aliphatic carbocycles. The zero-order chi connectivity index (χ0) is 21.7. The minimum Gasteiger partial charge on any atom is -0.441 e. The van der Waals surface area contributed by atoms with Gasteiger partial charge in [0.25, 0.3) is 0 Å². The fraction of sp³-hybridized carbons (Fsp3) is 0.300. The SMILES string of the molecule is Cc1oc(-c2ccccc2NS(=O)(=O)N(C)C)nc1CNC(=O)CCc1cccs1. The van der Waals surface area contributed by atoms with Crippen molar-refractivity contribution in [3.8, 4) is 11.5 Å². The van der Waals surface area contributed by atoms with Gasteiger partial charge >= 0.3 is 10.2 Å². The van der Waals surface area contributed by atoms with Gasteiger partial charge in [0.2, 0.25) is 11.8 Å². The smallest absolute Gasteiger partial charge is 0.301 e. The van der Waals surface area contributed by atoms with Crippen molar-refractivity contribution in [3.63, 3.8) is 0 Å². The third-order valence-corrected chi connectivity index (χ3v) is 6.78. The molecule has 0 aliphatic heterocycles. The van der Waals surface area contributed by atoms with E-state index in [1.807, 2.05) is 17.5 Å². The third-order valence-electron chi connectivity index (χ3n) is 4.40. The lowest BCUT2D eigenvalue weighted by atomic mass is 10.2. The molecule has 0 atom stereocenters. The fourth-order valence-corrected chi connectivity index (χ4v) is 4.01. The lowest BCUT2D eigenvalue weighted by molar-refractivity contribution is -0.121. The van der Waals surface area contributed by atoms with E-state index in [2.05, 4.69) is 15.0 Å². The molecule has 2 N–H and O–H groups in total. The van der Waals surface area contributed by atoms with E-state index in [4.69, 9.17) is 4.42 Å². The molecule has 0 bridgehead atoms. The maximum absolute atomic E-state index is 12.2. The second-order valence-corrected chi connectivity index (χ2v) is 9.73. The van der Waals surface area contributed by atoms with Crippen LogP contribution in [0.25, 0.3) is 11.5 Å². The molecule has 2 aromatic heterocycles. The summed E-state index contributed by atoms with van der Waals surface area (Å²) in [5, 5.41) is 4.85. The Morgan fingerprint density at radius 3 is 2.67 bits per heavy atom. The second kappa shape index (κ2) is 9.41. The summed E-state index contributed by atoms with van der Waals surface area (Å²) in [6.45, 7) is 2.00. The number of carbonyl (C=O) groups excluding carboxylic acids is 1. The zero-order valence-corrected chi connectivity index (χ0v) is 18.6. The van der Waals surface area contributed by atoms with Gasteiger partial charge < -0.3 is 9.73 Å². The molecular weight excluding hydrogens is 424 g/mol. The van der Waals surface area contributed by atoms with Crippen LogP contribution in [0.3, 0.4) is 0 Å². The highest BCUT2D eigenvalue weighted by molar-refractivity contribution is 7.90. The first-order chi connectivity index (χ1) is 14.3. The van der Waals surface area contributed by atoms with E-state index < -0.39 is 10.2 Å². The van der Waals surface area contributed by atoms with Gasteiger partial charge in [0, 0.05) is 25.4 Å². The number of thiophene rings is 1. The highest BCUT2D eigenvalue weighted by Gasteiger charge is 2.19. The van der Waals surface area contributed by atoms with Crippen molar-refractivity contribution in [1.82, 2.24) is 14.6 Å². The molecule has 2 heterocycles. The standard InChI is InChI=1S/C20H24N4O4S2/c1-14-18(13-21-19(25)11-10-15-7-6-12-29-15)22-20(28-14)16-8-4-5-9-17(16)23-30(26,27)24(2)3/h4-9,12,23H,10-11,13H2,1-3H3,(H,21,25). The Morgan fingerprint density at radius 1 is 1.20 bits per heavy atom. The molecule has 0 fully saturated rings. The van der Waals surface area contributed by atoms with Crippen LogP contribution in [0, 0.1) is 6.92 Å². The van der Waals surface area contributed by atoms with Crippen LogP contribution in [0.1, 0.15) is 22.8 Å². The summed E-state index contributed by atoms with van der Waals surface area (Å²) in [4.78, 5) is 17.8. The van der Waals surface area contributed by atoms with Crippen molar-refractivity contribution < 1.29 is 17.6 Å². The molecule has 0 spiro atoms. The largest absolute Gasteiger partial charge is 0.441 e. The molecule has 0 radical (unpaired) electrons. The molecule has 0 unspecified atom stereocenters. The molecule has 1 aromatic carbocycles. The van der Waals surface area contributed by atoms with Crippen LogP contribution >= 0.6 is 11.3 Å². The lowest BCUT2D eigenvalue weighted by Gasteiger charge is -2.15. The van der Waals surface area contributed by atoms with E-state index in [-0.39, 0.29) is 18.3 Å². The Bertz CT molecular complexity index is 1110. The first-order valence-corrected chi connectivity index (χ1v) is 11.6. The number of rotatable bonds is 9. The van der Waals surface area contributed by atoms with Gasteiger partial charge in [-0.1, -0.05) is 18.2 Å². The highest BCUT2D eigenvalue weighted by atomic mass is 32.2. The van der Waals surface area contributed by atoms with Crippen LogP contribution in [0.2, 0.25) is 0 Å². The molecule has 160 valence electrons. The van der Waals surface area contributed by atoms with E-state index in [0.717, 1.165) is 4.31 Å². The molecule has 30 heavy (non-hydrogen) atoms. The maximum Gasteiger partial charge on any atom is 0.301 e. The number of carbonyl (C=O) groups is 1. The molecule has 0 saturated carbocycles. The number of aromatic nitrogens is 1. The van der Waals surface area contributed by atoms with Crippen LogP contribution in [-0.4, -0.2) is 37.7 Å². The van der Waals surface area contributed by atoms with E-state index >= 15 is 0 Å². The normalized spacial score (nSPS) is 11.6. The summed E-state index contributed by atoms with van der Waals surface area (Å²) in [7, 11) is -0.786. The number of benzene rings is 1. The summed E-state index contributed by atoms with van der Waals surface area (Å²) >= 11 is 1.63. The second-order valence-electron chi connectivity index (χ2n) is 6.81. The number of aryl methyl sites for hydroxylation is 2. The molecular formula is C20H24N4O4S2. The predicted molar refractivity (Wildman–Crippen MR) is 117 cm³/mol. The number of nitrogens with zero attached hydrogens (tertiary/aromatic N) is 2. The first-order valence-electron chi connectivity index (χ1n) is 9.31. The number of hydrogen-bond acceptors (Lipinski definition) is 6. The molecule has 0 saturated heterocycles. The Labute approximate surface area is 180 Å². The average molecular weight is 449 g/mol. The number of para-hydroxylation sites is 1. The van der Waals surface area contributed by atoms with Crippen molar-refractivity contribution in [2.24, 2.45) is 0 Å². The Balaban J connectivity index is 1.69. The van der Waals surface area contributed by atoms with Crippen molar-refractivity contribution in [2.75, 3.05) is 18.8 Å². The van der Waals surface area contributed by atoms with Gasteiger partial charge in [-0.15, -0.1) is 11.3 Å². The van der Waals surface area contributed by atoms with Crippen LogP contribution in [0.5, 0.6) is 0 Å². The Kier molecular flexibility index (Phi) is 6.91. The molecule has 8 nitrogen and oxygen atoms in total. The van der Waals surface area contributed by atoms with Gasteiger partial charge in [-0.3, -0.25) is 9.52 Å². The van der Waals surface area contributed by atoms with Gasteiger partial charge in [-0.2, -0.15) is 12.7 Å². The molecule has 1 amide bonds. The maximum atomic E-state index is 12.2. The van der Waals surface area contributed by atoms with Crippen molar-refractivity contribution in [2.45, 2.75) is 26.3 Å². The summed E-state index contributed by atoms with van der Waals surface area (Å²) < 4.78 is 33.8. The highest BCUT2D eigenvalue weighted by Crippen LogP contribution is 2.29. The number of anilines is 1.